The van der Waals surface area contributed by atoms with Gasteiger partial charge >= 0.3 is 5.97 Å². The van der Waals surface area contributed by atoms with Gasteiger partial charge in [-0.2, -0.15) is 4.31 Å². The van der Waals surface area contributed by atoms with Crippen LogP contribution in [-0.4, -0.2) is 35.9 Å². The highest BCUT2D eigenvalue weighted by molar-refractivity contribution is 9.10. The van der Waals surface area contributed by atoms with E-state index in [-0.39, 0.29) is 11.4 Å². The highest BCUT2D eigenvalue weighted by atomic mass is 79.9. The van der Waals surface area contributed by atoms with Gasteiger partial charge in [-0.05, 0) is 47.3 Å². The lowest BCUT2D eigenvalue weighted by atomic mass is 9.92. The maximum absolute atomic E-state index is 12.9. The summed E-state index contributed by atoms with van der Waals surface area (Å²) in [6.07, 6.45) is 1.87. The molecule has 1 saturated heterocycles. The smallest absolute Gasteiger partial charge is 0.325 e. The molecule has 5 nitrogen and oxygen atoms in total. The van der Waals surface area contributed by atoms with Gasteiger partial charge in [-0.1, -0.05) is 25.5 Å². The molecule has 0 spiro atoms. The number of carboxylic acid groups (broad SMARTS) is 1. The van der Waals surface area contributed by atoms with E-state index in [0.717, 1.165) is 0 Å². The van der Waals surface area contributed by atoms with Gasteiger partial charge in [-0.25, -0.2) is 8.42 Å². The number of carbonyl (C=O) groups is 1. The first-order chi connectivity index (χ1) is 9.86. The van der Waals surface area contributed by atoms with Gasteiger partial charge in [0.25, 0.3) is 0 Å². The third-order valence-corrected chi connectivity index (χ3v) is 6.87. The maximum Gasteiger partial charge on any atom is 0.325 e. The van der Waals surface area contributed by atoms with Crippen LogP contribution in [0.2, 0.25) is 0 Å². The van der Waals surface area contributed by atoms with Crippen molar-refractivity contribution in [3.8, 4) is 0 Å². The van der Waals surface area contributed by atoms with E-state index in [1.807, 2.05) is 6.92 Å². The molecular weight excluding hydrogens is 358 g/mol. The van der Waals surface area contributed by atoms with Gasteiger partial charge in [0.2, 0.25) is 10.0 Å². The molecule has 1 aliphatic heterocycles. The van der Waals surface area contributed by atoms with Gasteiger partial charge in [-0.3, -0.25) is 4.79 Å². The van der Waals surface area contributed by atoms with Crippen LogP contribution in [-0.2, 0) is 14.8 Å². The van der Waals surface area contributed by atoms with Crippen LogP contribution in [0.5, 0.6) is 0 Å². The third kappa shape index (κ3) is 2.74. The average Bonchev–Trinajstić information content (AvgIpc) is 2.85. The minimum absolute atomic E-state index is 0.119. The number of nitrogens with zero attached hydrogens (tertiary/aromatic N) is 1. The summed E-state index contributed by atoms with van der Waals surface area (Å²) in [6.45, 7) is 2.11. The number of benzene rings is 1. The first kappa shape index (κ1) is 16.5. The average molecular weight is 376 g/mol. The number of halogens is 1. The van der Waals surface area contributed by atoms with Crippen molar-refractivity contribution in [2.45, 2.75) is 43.0 Å². The van der Waals surface area contributed by atoms with E-state index in [1.54, 1.807) is 18.2 Å². The molecule has 1 unspecified atom stereocenters. The zero-order valence-corrected chi connectivity index (χ0v) is 14.2. The Balaban J connectivity index is 2.53. The Hall–Kier alpha value is -0.920. The number of hydrogen-bond donors (Lipinski definition) is 1. The Kier molecular flexibility index (Phi) is 4.75. The van der Waals surface area contributed by atoms with Crippen molar-refractivity contribution in [3.63, 3.8) is 0 Å². The number of carboxylic acids is 1. The summed E-state index contributed by atoms with van der Waals surface area (Å²) in [5, 5.41) is 9.63. The van der Waals surface area contributed by atoms with Crippen LogP contribution in [0.4, 0.5) is 0 Å². The molecule has 0 aliphatic carbocycles. The number of aliphatic carboxylic acids is 1. The van der Waals surface area contributed by atoms with Crippen LogP contribution in [0.25, 0.3) is 0 Å². The summed E-state index contributed by atoms with van der Waals surface area (Å²) in [7, 11) is -3.84. The fourth-order valence-electron chi connectivity index (χ4n) is 2.96. The number of rotatable bonds is 5. The topological polar surface area (TPSA) is 74.7 Å². The molecular formula is C14H18BrNO4S. The summed E-state index contributed by atoms with van der Waals surface area (Å²) in [5.74, 6) is -1.06. The molecule has 0 radical (unpaired) electrons. The zero-order chi connectivity index (χ0) is 15.7. The molecule has 1 atom stereocenters. The number of sulfonamides is 1. The summed E-state index contributed by atoms with van der Waals surface area (Å²) in [6, 6.07) is 6.50. The molecule has 0 amide bonds. The summed E-state index contributed by atoms with van der Waals surface area (Å²) in [5.41, 5.74) is -1.32. The lowest BCUT2D eigenvalue weighted by Gasteiger charge is -2.33. The molecule has 0 saturated carbocycles. The predicted molar refractivity (Wildman–Crippen MR) is 82.5 cm³/mol. The molecule has 1 N–H and O–H groups in total. The maximum atomic E-state index is 12.9. The van der Waals surface area contributed by atoms with E-state index in [2.05, 4.69) is 15.9 Å². The van der Waals surface area contributed by atoms with E-state index in [0.29, 0.717) is 30.2 Å². The molecule has 1 aromatic carbocycles. The Labute approximate surface area is 133 Å². The van der Waals surface area contributed by atoms with Crippen molar-refractivity contribution in [2.75, 3.05) is 6.54 Å². The molecule has 0 bridgehead atoms. The first-order valence-corrected chi connectivity index (χ1v) is 9.10. The second-order valence-corrected chi connectivity index (χ2v) is 7.88. The van der Waals surface area contributed by atoms with Gasteiger partial charge in [0.15, 0.2) is 0 Å². The highest BCUT2D eigenvalue weighted by Gasteiger charge is 2.52. The van der Waals surface area contributed by atoms with Crippen molar-refractivity contribution in [2.24, 2.45) is 0 Å². The lowest BCUT2D eigenvalue weighted by molar-refractivity contribution is -0.147. The molecule has 116 valence electrons. The van der Waals surface area contributed by atoms with Crippen LogP contribution in [0.3, 0.4) is 0 Å². The van der Waals surface area contributed by atoms with E-state index >= 15 is 0 Å². The van der Waals surface area contributed by atoms with Gasteiger partial charge in [0.05, 0.1) is 4.90 Å². The van der Waals surface area contributed by atoms with Crippen molar-refractivity contribution in [3.05, 3.63) is 28.7 Å². The normalized spacial score (nSPS) is 23.3. The van der Waals surface area contributed by atoms with Crippen molar-refractivity contribution < 1.29 is 18.3 Å². The third-order valence-electron chi connectivity index (χ3n) is 3.90. The minimum atomic E-state index is -3.84. The first-order valence-electron chi connectivity index (χ1n) is 6.87. The van der Waals surface area contributed by atoms with Gasteiger partial charge in [0, 0.05) is 11.0 Å². The Morgan fingerprint density at radius 2 is 2.10 bits per heavy atom. The fourth-order valence-corrected chi connectivity index (χ4v) is 5.75. The molecule has 1 fully saturated rings. The highest BCUT2D eigenvalue weighted by Crippen LogP contribution is 2.39. The molecule has 1 heterocycles. The lowest BCUT2D eigenvalue weighted by Crippen LogP contribution is -2.52. The second kappa shape index (κ2) is 6.06. The van der Waals surface area contributed by atoms with E-state index < -0.39 is 21.5 Å². The van der Waals surface area contributed by atoms with Gasteiger partial charge in [-0.15, -0.1) is 0 Å². The van der Waals surface area contributed by atoms with Crippen LogP contribution < -0.4 is 0 Å². The molecule has 1 aromatic rings. The molecule has 0 aromatic heterocycles. The van der Waals surface area contributed by atoms with E-state index in [9.17, 15) is 18.3 Å². The largest absolute Gasteiger partial charge is 0.480 e. The Bertz CT molecular complexity index is 646. The minimum Gasteiger partial charge on any atom is -0.480 e. The van der Waals surface area contributed by atoms with Crippen LogP contribution in [0.15, 0.2) is 33.6 Å². The Morgan fingerprint density at radius 3 is 2.67 bits per heavy atom. The van der Waals surface area contributed by atoms with Crippen LogP contribution in [0.1, 0.15) is 32.6 Å². The standard InChI is InChI=1S/C14H18BrNO4S/c1-2-8-14(13(17)18)9-5-10-16(14)21(19,20)12-7-4-3-6-11(12)15/h3-4,6-7H,2,5,8-10H2,1H3,(H,17,18). The summed E-state index contributed by atoms with van der Waals surface area (Å²) < 4.78 is 27.4. The SMILES string of the molecule is CCCC1(C(=O)O)CCCN1S(=O)(=O)c1ccccc1Br. The summed E-state index contributed by atoms with van der Waals surface area (Å²) >= 11 is 3.24. The Morgan fingerprint density at radius 1 is 1.43 bits per heavy atom. The molecule has 2 rings (SSSR count). The zero-order valence-electron chi connectivity index (χ0n) is 11.8. The van der Waals surface area contributed by atoms with E-state index in [1.165, 1.54) is 10.4 Å². The molecule has 1 aliphatic rings. The molecule has 7 heteroatoms. The van der Waals surface area contributed by atoms with Crippen molar-refractivity contribution >= 4 is 31.9 Å². The second-order valence-electron chi connectivity index (χ2n) is 5.20. The van der Waals surface area contributed by atoms with Gasteiger partial charge < -0.3 is 5.11 Å². The van der Waals surface area contributed by atoms with Crippen LogP contribution >= 0.6 is 15.9 Å². The van der Waals surface area contributed by atoms with Crippen molar-refractivity contribution in [1.29, 1.82) is 0 Å². The number of hydrogen-bond acceptors (Lipinski definition) is 3. The quantitative estimate of drug-likeness (QED) is 0.858. The van der Waals surface area contributed by atoms with Crippen molar-refractivity contribution in [1.82, 2.24) is 4.31 Å². The van der Waals surface area contributed by atoms with Crippen LogP contribution in [0, 0.1) is 0 Å². The summed E-state index contributed by atoms with van der Waals surface area (Å²) in [4.78, 5) is 11.9. The van der Waals surface area contributed by atoms with E-state index in [4.69, 9.17) is 0 Å². The monoisotopic (exact) mass is 375 g/mol. The fraction of sp³-hybridized carbons (Fsp3) is 0.500. The molecule has 21 heavy (non-hydrogen) atoms. The predicted octanol–water partition coefficient (Wildman–Crippen LogP) is 2.86. The van der Waals surface area contributed by atoms with Gasteiger partial charge in [0.1, 0.15) is 5.54 Å².